The first-order valence-corrected chi connectivity index (χ1v) is 8.32. The van der Waals surface area contributed by atoms with Gasteiger partial charge in [-0.1, -0.05) is 38.1 Å². The Morgan fingerprint density at radius 2 is 2.00 bits per heavy atom. The summed E-state index contributed by atoms with van der Waals surface area (Å²) in [4.78, 5) is 17.0. The van der Waals surface area contributed by atoms with Crippen LogP contribution < -0.4 is 15.5 Å². The van der Waals surface area contributed by atoms with Crippen LogP contribution in [-0.2, 0) is 13.1 Å². The zero-order valence-corrected chi connectivity index (χ0v) is 14.5. The molecule has 0 atom stereocenters. The number of amides is 1. The number of H-pyrrole nitrogens is 1. The van der Waals surface area contributed by atoms with Crippen LogP contribution in [-0.4, -0.2) is 22.0 Å². The van der Waals surface area contributed by atoms with E-state index in [9.17, 15) is 4.79 Å². The highest BCUT2D eigenvalue weighted by Gasteiger charge is 2.28. The average molecular weight is 340 g/mol. The second-order valence-electron chi connectivity index (χ2n) is 6.03. The molecule has 0 unspecified atom stereocenters. The van der Waals surface area contributed by atoms with Gasteiger partial charge in [-0.25, -0.2) is 0 Å². The van der Waals surface area contributed by atoms with E-state index in [0.29, 0.717) is 24.1 Å². The maximum atomic E-state index is 12.1. The molecule has 0 bridgehead atoms. The van der Waals surface area contributed by atoms with E-state index in [2.05, 4.69) is 46.6 Å². The first-order valence-electron chi connectivity index (χ1n) is 7.91. The predicted molar refractivity (Wildman–Crippen MR) is 99.0 cm³/mol. The monoisotopic (exact) mass is 340 g/mol. The minimum Gasteiger partial charge on any atom is -0.355 e. The third kappa shape index (κ3) is 3.26. The second kappa shape index (κ2) is 7.01. The van der Waals surface area contributed by atoms with E-state index in [-0.39, 0.29) is 5.91 Å². The molecular formula is C18H20N4OS. The van der Waals surface area contributed by atoms with Crippen molar-refractivity contribution in [2.75, 3.05) is 4.90 Å². The lowest BCUT2D eigenvalue weighted by Gasteiger charge is -2.30. The molecule has 6 heteroatoms. The SMILES string of the molecule is CC(C)NCc1ccccc1CN1C(=C=S)NC(=O)c2[nH]ccc21. The van der Waals surface area contributed by atoms with Gasteiger partial charge in [0.05, 0.1) is 12.2 Å². The topological polar surface area (TPSA) is 60.2 Å². The Morgan fingerprint density at radius 1 is 1.25 bits per heavy atom. The predicted octanol–water partition coefficient (Wildman–Crippen LogP) is 2.70. The molecule has 0 radical (unpaired) electrons. The summed E-state index contributed by atoms with van der Waals surface area (Å²) in [6.07, 6.45) is 1.76. The normalized spacial score (nSPS) is 13.7. The van der Waals surface area contributed by atoms with Gasteiger partial charge in [0.15, 0.2) is 5.82 Å². The van der Waals surface area contributed by atoms with Crippen LogP contribution in [0.15, 0.2) is 42.3 Å². The van der Waals surface area contributed by atoms with Crippen molar-refractivity contribution in [3.8, 4) is 0 Å². The molecule has 0 saturated carbocycles. The van der Waals surface area contributed by atoms with Gasteiger partial charge in [0.1, 0.15) is 5.69 Å². The zero-order chi connectivity index (χ0) is 17.1. The van der Waals surface area contributed by atoms with Crippen molar-refractivity contribution in [1.29, 1.82) is 0 Å². The molecule has 5 nitrogen and oxygen atoms in total. The van der Waals surface area contributed by atoms with Crippen molar-refractivity contribution in [3.63, 3.8) is 0 Å². The lowest BCUT2D eigenvalue weighted by Crippen LogP contribution is -2.41. The largest absolute Gasteiger partial charge is 0.355 e. The van der Waals surface area contributed by atoms with Gasteiger partial charge in [-0.2, -0.15) is 0 Å². The average Bonchev–Trinajstić information content (AvgIpc) is 3.06. The molecule has 124 valence electrons. The van der Waals surface area contributed by atoms with E-state index in [4.69, 9.17) is 12.2 Å². The van der Waals surface area contributed by atoms with Crippen molar-refractivity contribution < 1.29 is 4.79 Å². The summed E-state index contributed by atoms with van der Waals surface area (Å²) in [7, 11) is 0. The van der Waals surface area contributed by atoms with E-state index in [1.807, 2.05) is 23.1 Å². The fourth-order valence-electron chi connectivity index (χ4n) is 2.74. The molecule has 0 aliphatic carbocycles. The van der Waals surface area contributed by atoms with E-state index in [1.54, 1.807) is 6.20 Å². The molecule has 1 amide bonds. The number of hydrogen-bond acceptors (Lipinski definition) is 4. The van der Waals surface area contributed by atoms with Crippen molar-refractivity contribution >= 4 is 28.8 Å². The molecule has 24 heavy (non-hydrogen) atoms. The Bertz CT molecular complexity index is 805. The Labute approximate surface area is 146 Å². The number of thiocarbonyl (C=S) groups is 1. The highest BCUT2D eigenvalue weighted by Crippen LogP contribution is 2.28. The van der Waals surface area contributed by atoms with Crippen LogP contribution in [0.5, 0.6) is 0 Å². The number of nitrogens with one attached hydrogen (secondary N) is 3. The maximum Gasteiger partial charge on any atom is 0.275 e. The minimum absolute atomic E-state index is 0.187. The molecule has 0 spiro atoms. The number of anilines is 1. The fourth-order valence-corrected chi connectivity index (χ4v) is 2.90. The quantitative estimate of drug-likeness (QED) is 0.733. The van der Waals surface area contributed by atoms with E-state index >= 15 is 0 Å². The third-order valence-corrected chi connectivity index (χ3v) is 4.18. The van der Waals surface area contributed by atoms with Crippen molar-refractivity contribution in [2.24, 2.45) is 0 Å². The summed E-state index contributed by atoms with van der Waals surface area (Å²) in [6, 6.07) is 10.6. The molecule has 3 N–H and O–H groups in total. The van der Waals surface area contributed by atoms with Crippen LogP contribution in [0.25, 0.3) is 0 Å². The maximum absolute atomic E-state index is 12.1. The number of nitrogens with zero attached hydrogens (tertiary/aromatic N) is 1. The number of hydrogen-bond donors (Lipinski definition) is 3. The van der Waals surface area contributed by atoms with Gasteiger partial charge in [0, 0.05) is 18.8 Å². The van der Waals surface area contributed by atoms with Crippen LogP contribution in [0.1, 0.15) is 35.5 Å². The Morgan fingerprint density at radius 3 is 2.71 bits per heavy atom. The summed E-state index contributed by atoms with van der Waals surface area (Å²) in [6.45, 7) is 5.66. The fraction of sp³-hybridized carbons (Fsp3) is 0.278. The lowest BCUT2D eigenvalue weighted by molar-refractivity contribution is 0.0957. The number of rotatable bonds is 5. The van der Waals surface area contributed by atoms with Crippen LogP contribution in [0.3, 0.4) is 0 Å². The molecule has 2 aromatic rings. The van der Waals surface area contributed by atoms with Gasteiger partial charge in [-0.05, 0) is 34.4 Å². The minimum atomic E-state index is -0.187. The Hall–Kier alpha value is -2.40. The van der Waals surface area contributed by atoms with Gasteiger partial charge >= 0.3 is 0 Å². The number of fused-ring (bicyclic) bond motifs is 1. The molecular weight excluding hydrogens is 320 g/mol. The van der Waals surface area contributed by atoms with Gasteiger partial charge in [0.25, 0.3) is 5.91 Å². The molecule has 0 saturated heterocycles. The zero-order valence-electron chi connectivity index (χ0n) is 13.7. The molecule has 1 aliphatic rings. The highest BCUT2D eigenvalue weighted by atomic mass is 32.1. The van der Waals surface area contributed by atoms with Crippen LogP contribution >= 0.6 is 12.2 Å². The van der Waals surface area contributed by atoms with Crippen molar-refractivity contribution in [1.82, 2.24) is 15.6 Å². The first-order chi connectivity index (χ1) is 11.6. The summed E-state index contributed by atoms with van der Waals surface area (Å²) in [5, 5.41) is 8.91. The number of aromatic amines is 1. The molecule has 3 rings (SSSR count). The Kier molecular flexibility index (Phi) is 4.81. The van der Waals surface area contributed by atoms with Gasteiger partial charge < -0.3 is 15.2 Å². The Balaban J connectivity index is 1.92. The third-order valence-electron chi connectivity index (χ3n) is 3.99. The summed E-state index contributed by atoms with van der Waals surface area (Å²) in [5.74, 6) is 0.321. The van der Waals surface area contributed by atoms with E-state index in [0.717, 1.165) is 12.2 Å². The van der Waals surface area contributed by atoms with Gasteiger partial charge in [-0.3, -0.25) is 10.1 Å². The highest BCUT2D eigenvalue weighted by molar-refractivity contribution is 7.78. The standard InChI is InChI=1S/C18H20N4OS/c1-12(2)20-9-13-5-3-4-6-14(13)10-22-15-7-8-19-17(15)18(23)21-16(22)11-24/h3-8,12,19-20H,9-10H2,1-2H3,(H,21,23). The second-order valence-corrected chi connectivity index (χ2v) is 6.24. The van der Waals surface area contributed by atoms with E-state index < -0.39 is 0 Å². The van der Waals surface area contributed by atoms with Gasteiger partial charge in [-0.15, -0.1) is 0 Å². The van der Waals surface area contributed by atoms with Gasteiger partial charge in [0.2, 0.25) is 0 Å². The number of carbonyl (C=O) groups excluding carboxylic acids is 1. The summed E-state index contributed by atoms with van der Waals surface area (Å²) >= 11 is 4.97. The van der Waals surface area contributed by atoms with Crippen LogP contribution in [0, 0.1) is 0 Å². The summed E-state index contributed by atoms with van der Waals surface area (Å²) < 4.78 is 0. The van der Waals surface area contributed by atoms with E-state index in [1.165, 1.54) is 11.1 Å². The van der Waals surface area contributed by atoms with Crippen LogP contribution in [0.2, 0.25) is 0 Å². The molecule has 2 heterocycles. The molecule has 1 aromatic carbocycles. The lowest BCUT2D eigenvalue weighted by atomic mass is 10.1. The number of carbonyl (C=O) groups is 1. The van der Waals surface area contributed by atoms with Crippen molar-refractivity contribution in [3.05, 3.63) is 59.2 Å². The van der Waals surface area contributed by atoms with Crippen molar-refractivity contribution in [2.45, 2.75) is 33.0 Å². The number of benzene rings is 1. The van der Waals surface area contributed by atoms with Crippen LogP contribution in [0.4, 0.5) is 5.69 Å². The molecule has 0 fully saturated rings. The number of aromatic nitrogens is 1. The smallest absolute Gasteiger partial charge is 0.275 e. The molecule has 1 aliphatic heterocycles. The molecule has 1 aromatic heterocycles. The first kappa shape index (κ1) is 16.5. The summed E-state index contributed by atoms with van der Waals surface area (Å²) in [5.41, 5.74) is 3.76.